The molecule has 0 saturated carbocycles. The van der Waals surface area contributed by atoms with E-state index in [2.05, 4.69) is 19.7 Å². The van der Waals surface area contributed by atoms with Gasteiger partial charge in [0.05, 0.1) is 22.1 Å². The summed E-state index contributed by atoms with van der Waals surface area (Å²) in [7, 11) is -3.81. The summed E-state index contributed by atoms with van der Waals surface area (Å²) in [6.07, 6.45) is 1.30. The number of aromatic amines is 2. The second kappa shape index (κ2) is 5.65. The van der Waals surface area contributed by atoms with Crippen LogP contribution in [0.5, 0.6) is 0 Å². The molecule has 0 radical (unpaired) electrons. The Morgan fingerprint density at radius 1 is 1.24 bits per heavy atom. The second-order valence-electron chi connectivity index (χ2n) is 5.16. The average Bonchev–Trinajstić information content (AvgIpc) is 3.15. The van der Waals surface area contributed by atoms with Crippen LogP contribution >= 0.6 is 11.3 Å². The Morgan fingerprint density at radius 3 is 2.88 bits per heavy atom. The molecule has 0 aliphatic rings. The van der Waals surface area contributed by atoms with Crippen molar-refractivity contribution < 1.29 is 12.8 Å². The molecule has 3 heterocycles. The van der Waals surface area contributed by atoms with E-state index in [0.717, 1.165) is 0 Å². The maximum Gasteiger partial charge on any atom is 0.417 e. The number of hydrogen-bond acceptors (Lipinski definition) is 7. The van der Waals surface area contributed by atoms with Gasteiger partial charge in [-0.05, 0) is 18.2 Å². The molecule has 3 N–H and O–H groups in total. The molecular formula is C14H10N4O5S2. The topological polar surface area (TPSA) is 138 Å². The van der Waals surface area contributed by atoms with Crippen molar-refractivity contribution in [3.05, 3.63) is 56.4 Å². The molecule has 128 valence electrons. The summed E-state index contributed by atoms with van der Waals surface area (Å²) in [5.41, 5.74) is 0.299. The Kier molecular flexibility index (Phi) is 3.56. The number of H-pyrrole nitrogens is 2. The van der Waals surface area contributed by atoms with Crippen LogP contribution in [0.3, 0.4) is 0 Å². The van der Waals surface area contributed by atoms with Crippen LogP contribution in [0.2, 0.25) is 0 Å². The highest BCUT2D eigenvalue weighted by Crippen LogP contribution is 2.21. The van der Waals surface area contributed by atoms with Crippen molar-refractivity contribution in [3.8, 4) is 0 Å². The van der Waals surface area contributed by atoms with E-state index in [9.17, 15) is 18.0 Å². The maximum atomic E-state index is 12.4. The van der Waals surface area contributed by atoms with Gasteiger partial charge in [0, 0.05) is 17.5 Å². The summed E-state index contributed by atoms with van der Waals surface area (Å²) >= 11 is 1.23. The summed E-state index contributed by atoms with van der Waals surface area (Å²) < 4.78 is 32.2. The van der Waals surface area contributed by atoms with Gasteiger partial charge in [-0.3, -0.25) is 9.78 Å². The van der Waals surface area contributed by atoms with Crippen LogP contribution in [-0.2, 0) is 16.6 Å². The van der Waals surface area contributed by atoms with Gasteiger partial charge >= 0.3 is 5.76 Å². The Bertz CT molecular complexity index is 1310. The molecule has 0 saturated heterocycles. The van der Waals surface area contributed by atoms with Gasteiger partial charge in [-0.2, -0.15) is 0 Å². The largest absolute Gasteiger partial charge is 0.417 e. The van der Waals surface area contributed by atoms with Crippen molar-refractivity contribution in [3.63, 3.8) is 0 Å². The first kappa shape index (κ1) is 15.7. The quantitative estimate of drug-likeness (QED) is 0.482. The first-order valence-electron chi connectivity index (χ1n) is 7.01. The van der Waals surface area contributed by atoms with Crippen molar-refractivity contribution in [2.24, 2.45) is 0 Å². The molecule has 0 aliphatic carbocycles. The highest BCUT2D eigenvalue weighted by Gasteiger charge is 2.17. The number of fused-ring (bicyclic) bond motifs is 2. The first-order chi connectivity index (χ1) is 11.9. The van der Waals surface area contributed by atoms with E-state index in [1.165, 1.54) is 35.9 Å². The standard InChI is InChI=1S/C14H10N4O5S2/c19-12-9-3-7(24-13(9)16-6-15-12)5-17-25(21,22)8-1-2-10-11(4-8)23-14(20)18-10/h1-4,6,17H,5H2,(H,18,20)(H,15,16,19). The molecule has 25 heavy (non-hydrogen) atoms. The normalized spacial score (nSPS) is 12.2. The molecule has 3 aromatic heterocycles. The van der Waals surface area contributed by atoms with Crippen LogP contribution in [0.15, 0.2) is 49.5 Å². The highest BCUT2D eigenvalue weighted by atomic mass is 32.2. The molecule has 4 aromatic rings. The van der Waals surface area contributed by atoms with E-state index in [4.69, 9.17) is 4.42 Å². The summed E-state index contributed by atoms with van der Waals surface area (Å²) in [4.78, 5) is 32.9. The predicted molar refractivity (Wildman–Crippen MR) is 91.1 cm³/mol. The van der Waals surface area contributed by atoms with E-state index in [-0.39, 0.29) is 22.6 Å². The van der Waals surface area contributed by atoms with Crippen LogP contribution in [0.4, 0.5) is 0 Å². The van der Waals surface area contributed by atoms with Gasteiger partial charge in [0.25, 0.3) is 5.56 Å². The number of hydrogen-bond donors (Lipinski definition) is 3. The number of aromatic nitrogens is 3. The predicted octanol–water partition coefficient (Wildman–Crippen LogP) is 0.898. The SMILES string of the molecule is O=c1[nH]c2ccc(S(=O)(=O)NCc3cc4c(=O)[nH]cnc4s3)cc2o1. The Balaban J connectivity index is 1.62. The van der Waals surface area contributed by atoms with Crippen LogP contribution in [0.1, 0.15) is 4.88 Å². The molecule has 1 aromatic carbocycles. The lowest BCUT2D eigenvalue weighted by molar-refractivity contribution is 0.553. The lowest BCUT2D eigenvalue weighted by atomic mass is 10.3. The van der Waals surface area contributed by atoms with Crippen LogP contribution in [-0.4, -0.2) is 23.4 Å². The van der Waals surface area contributed by atoms with E-state index >= 15 is 0 Å². The Labute approximate surface area is 143 Å². The number of benzene rings is 1. The van der Waals surface area contributed by atoms with Crippen molar-refractivity contribution in [2.75, 3.05) is 0 Å². The number of rotatable bonds is 4. The fraction of sp³-hybridized carbons (Fsp3) is 0.0714. The zero-order valence-electron chi connectivity index (χ0n) is 12.4. The molecule has 0 unspecified atom stereocenters. The summed E-state index contributed by atoms with van der Waals surface area (Å²) in [5, 5.41) is 0.414. The zero-order valence-corrected chi connectivity index (χ0v) is 14.0. The number of thiophene rings is 1. The lowest BCUT2D eigenvalue weighted by Crippen LogP contribution is -2.22. The molecule has 0 amide bonds. The molecule has 9 nitrogen and oxygen atoms in total. The minimum Gasteiger partial charge on any atom is -0.408 e. The van der Waals surface area contributed by atoms with Gasteiger partial charge in [0.1, 0.15) is 4.83 Å². The lowest BCUT2D eigenvalue weighted by Gasteiger charge is -2.05. The summed E-state index contributed by atoms with van der Waals surface area (Å²) in [5.74, 6) is -0.652. The van der Waals surface area contributed by atoms with Crippen molar-refractivity contribution >= 4 is 42.7 Å². The number of nitrogens with one attached hydrogen (secondary N) is 3. The van der Waals surface area contributed by atoms with Crippen molar-refractivity contribution in [1.82, 2.24) is 19.7 Å². The van der Waals surface area contributed by atoms with Crippen molar-refractivity contribution in [2.45, 2.75) is 11.4 Å². The van der Waals surface area contributed by atoms with E-state index < -0.39 is 15.8 Å². The minimum atomic E-state index is -3.81. The maximum absolute atomic E-state index is 12.4. The third-order valence-electron chi connectivity index (χ3n) is 3.52. The van der Waals surface area contributed by atoms with E-state index in [0.29, 0.717) is 20.6 Å². The van der Waals surface area contributed by atoms with E-state index in [1.54, 1.807) is 6.07 Å². The molecule has 0 fully saturated rings. The Morgan fingerprint density at radius 2 is 2.08 bits per heavy atom. The van der Waals surface area contributed by atoms with Gasteiger partial charge in [0.2, 0.25) is 10.0 Å². The zero-order chi connectivity index (χ0) is 17.6. The summed E-state index contributed by atoms with van der Waals surface area (Å²) in [6.45, 7) is 0.0118. The van der Waals surface area contributed by atoms with Crippen LogP contribution in [0, 0.1) is 0 Å². The van der Waals surface area contributed by atoms with Crippen LogP contribution < -0.4 is 16.0 Å². The monoisotopic (exact) mass is 378 g/mol. The van der Waals surface area contributed by atoms with Gasteiger partial charge in [-0.1, -0.05) is 0 Å². The van der Waals surface area contributed by atoms with Gasteiger partial charge in [-0.15, -0.1) is 11.3 Å². The minimum absolute atomic E-state index is 0.0118. The first-order valence-corrected chi connectivity index (χ1v) is 9.31. The van der Waals surface area contributed by atoms with Gasteiger partial charge in [0.15, 0.2) is 5.58 Å². The summed E-state index contributed by atoms with van der Waals surface area (Å²) in [6, 6.07) is 5.69. The van der Waals surface area contributed by atoms with Crippen molar-refractivity contribution in [1.29, 1.82) is 0 Å². The molecule has 0 spiro atoms. The molecule has 0 atom stereocenters. The Hall–Kier alpha value is -2.76. The molecule has 0 aliphatic heterocycles. The molecule has 4 rings (SSSR count). The van der Waals surface area contributed by atoms with Gasteiger partial charge in [-0.25, -0.2) is 22.9 Å². The molecule has 11 heteroatoms. The van der Waals surface area contributed by atoms with Crippen LogP contribution in [0.25, 0.3) is 21.3 Å². The third kappa shape index (κ3) is 2.88. The fourth-order valence-corrected chi connectivity index (χ4v) is 4.40. The number of sulfonamides is 1. The number of nitrogens with zero attached hydrogens (tertiary/aromatic N) is 1. The average molecular weight is 378 g/mol. The van der Waals surface area contributed by atoms with Gasteiger partial charge < -0.3 is 9.40 Å². The number of oxazole rings is 1. The molecular weight excluding hydrogens is 368 g/mol. The smallest absolute Gasteiger partial charge is 0.408 e. The second-order valence-corrected chi connectivity index (χ2v) is 8.04. The molecule has 0 bridgehead atoms. The third-order valence-corrected chi connectivity index (χ3v) is 5.97. The highest BCUT2D eigenvalue weighted by molar-refractivity contribution is 7.89. The fourth-order valence-electron chi connectivity index (χ4n) is 2.35. The van der Waals surface area contributed by atoms with E-state index in [1.807, 2.05) is 0 Å².